The molecule has 0 bridgehead atoms. The summed E-state index contributed by atoms with van der Waals surface area (Å²) in [5.74, 6) is 1.37. The van der Waals surface area contributed by atoms with Crippen molar-refractivity contribution in [2.45, 2.75) is 56.8 Å². The summed E-state index contributed by atoms with van der Waals surface area (Å²) in [6.07, 6.45) is 0.325. The maximum atomic E-state index is 12.7. The van der Waals surface area contributed by atoms with E-state index >= 15 is 0 Å². The normalized spacial score (nSPS) is 25.9. The van der Waals surface area contributed by atoms with Crippen molar-refractivity contribution in [2.24, 2.45) is 0 Å². The summed E-state index contributed by atoms with van der Waals surface area (Å²) in [4.78, 5) is 17.7. The fraction of sp³-hybridized carbons (Fsp3) is 0.833. The maximum Gasteiger partial charge on any atom is 0.406 e. The number of carbonyl (C=O) groups excluding carboxylic acids is 1. The molecule has 10 heteroatoms. The molecule has 1 amide bonds. The van der Waals surface area contributed by atoms with Crippen LogP contribution in [0.4, 0.5) is 13.2 Å². The minimum atomic E-state index is -4.35. The molecule has 2 saturated heterocycles. The van der Waals surface area contributed by atoms with Gasteiger partial charge in [-0.1, -0.05) is 6.42 Å². The van der Waals surface area contributed by atoms with E-state index in [1.165, 1.54) is 6.42 Å². The Morgan fingerprint density at radius 1 is 1.00 bits per heavy atom. The largest absolute Gasteiger partial charge is 0.424 e. The minimum absolute atomic E-state index is 0.190. The fourth-order valence-electron chi connectivity index (χ4n) is 4.21. The number of hydrogen-bond donors (Lipinski definition) is 0. The Kier molecular flexibility index (Phi) is 5.59. The number of hydrogen-bond acceptors (Lipinski definition) is 6. The van der Waals surface area contributed by atoms with Gasteiger partial charge in [-0.25, -0.2) is 0 Å². The first kappa shape index (κ1) is 19.6. The van der Waals surface area contributed by atoms with Crippen molar-refractivity contribution >= 4 is 5.91 Å². The predicted octanol–water partition coefficient (Wildman–Crippen LogP) is 2.01. The summed E-state index contributed by atoms with van der Waals surface area (Å²) in [5, 5.41) is 8.28. The number of piperidine rings is 1. The van der Waals surface area contributed by atoms with Gasteiger partial charge in [0.05, 0.1) is 12.6 Å². The minimum Gasteiger partial charge on any atom is -0.424 e. The van der Waals surface area contributed by atoms with Crippen LogP contribution in [0.15, 0.2) is 4.42 Å². The number of amides is 1. The topological polar surface area (TPSA) is 65.7 Å². The monoisotopic (exact) mass is 401 g/mol. The number of piperazine rings is 1. The van der Waals surface area contributed by atoms with Crippen LogP contribution in [0, 0.1) is 0 Å². The molecule has 3 heterocycles. The Bertz CT molecular complexity index is 683. The van der Waals surface area contributed by atoms with E-state index in [4.69, 9.17) is 4.42 Å². The molecule has 0 N–H and O–H groups in total. The molecule has 156 valence electrons. The number of likely N-dealkylation sites (tertiary alicyclic amines) is 1. The van der Waals surface area contributed by atoms with Crippen LogP contribution in [0.5, 0.6) is 0 Å². The maximum absolute atomic E-state index is 12.7. The zero-order valence-corrected chi connectivity index (χ0v) is 15.8. The number of halogens is 3. The highest BCUT2D eigenvalue weighted by Gasteiger charge is 2.40. The Balaban J connectivity index is 1.27. The molecule has 1 aromatic heterocycles. The Morgan fingerprint density at radius 3 is 2.39 bits per heavy atom. The van der Waals surface area contributed by atoms with Gasteiger partial charge in [-0.2, -0.15) is 13.2 Å². The summed E-state index contributed by atoms with van der Waals surface area (Å²) in [6.45, 7) is 2.37. The number of rotatable bonds is 5. The van der Waals surface area contributed by atoms with Crippen LogP contribution in [0.3, 0.4) is 0 Å². The molecule has 2 aliphatic heterocycles. The van der Waals surface area contributed by atoms with Gasteiger partial charge in [0.2, 0.25) is 17.7 Å². The van der Waals surface area contributed by atoms with E-state index < -0.39 is 18.8 Å². The zero-order chi connectivity index (χ0) is 19.7. The van der Waals surface area contributed by atoms with E-state index in [-0.39, 0.29) is 12.5 Å². The molecule has 1 saturated carbocycles. The average Bonchev–Trinajstić information content (AvgIpc) is 3.03. The molecule has 1 aromatic rings. The molecule has 3 aliphatic rings. The van der Waals surface area contributed by atoms with Crippen LogP contribution < -0.4 is 0 Å². The van der Waals surface area contributed by atoms with Crippen molar-refractivity contribution in [2.75, 3.05) is 39.3 Å². The predicted molar refractivity (Wildman–Crippen MR) is 93.4 cm³/mol. The van der Waals surface area contributed by atoms with E-state index in [0.29, 0.717) is 44.3 Å². The van der Waals surface area contributed by atoms with E-state index in [0.717, 1.165) is 36.7 Å². The van der Waals surface area contributed by atoms with Crippen molar-refractivity contribution in [1.29, 1.82) is 0 Å². The van der Waals surface area contributed by atoms with Gasteiger partial charge in [-0.15, -0.1) is 10.2 Å². The molecule has 28 heavy (non-hydrogen) atoms. The van der Waals surface area contributed by atoms with E-state index in [9.17, 15) is 18.0 Å². The lowest BCUT2D eigenvalue weighted by atomic mass is 9.85. The molecule has 0 spiro atoms. The lowest BCUT2D eigenvalue weighted by Crippen LogP contribution is -2.58. The van der Waals surface area contributed by atoms with Crippen molar-refractivity contribution in [3.05, 3.63) is 11.8 Å². The van der Waals surface area contributed by atoms with Gasteiger partial charge in [-0.05, 0) is 25.7 Å². The van der Waals surface area contributed by atoms with Crippen molar-refractivity contribution in [3.8, 4) is 0 Å². The third kappa shape index (κ3) is 4.48. The van der Waals surface area contributed by atoms with Crippen LogP contribution in [0.1, 0.15) is 49.8 Å². The van der Waals surface area contributed by atoms with Crippen LogP contribution in [0.25, 0.3) is 0 Å². The van der Waals surface area contributed by atoms with Crippen LogP contribution >= 0.6 is 0 Å². The standard InChI is InChI=1S/C18H26F3N5O2/c19-18(20,21)12-26-6-2-5-14(17(26)27)25-9-7-24(8-10-25)11-15-22-23-16(28-15)13-3-1-4-13/h13-14H,1-12H2/t14-/m1/s1. The highest BCUT2D eigenvalue weighted by molar-refractivity contribution is 5.82. The fourth-order valence-corrected chi connectivity index (χ4v) is 4.21. The zero-order valence-electron chi connectivity index (χ0n) is 15.8. The van der Waals surface area contributed by atoms with Crippen LogP contribution in [0.2, 0.25) is 0 Å². The Hall–Kier alpha value is -1.68. The lowest BCUT2D eigenvalue weighted by molar-refractivity contribution is -0.168. The van der Waals surface area contributed by atoms with E-state index in [1.807, 2.05) is 4.90 Å². The molecule has 4 rings (SSSR count). The second-order valence-electron chi connectivity index (χ2n) is 8.01. The SMILES string of the molecule is O=C1[C@H](N2CCN(Cc3nnc(C4CCC4)o3)CC2)CCCN1CC(F)(F)F. The molecule has 1 aliphatic carbocycles. The van der Waals surface area contributed by atoms with Crippen molar-refractivity contribution < 1.29 is 22.4 Å². The highest BCUT2D eigenvalue weighted by Crippen LogP contribution is 2.35. The first-order valence-corrected chi connectivity index (χ1v) is 10.0. The van der Waals surface area contributed by atoms with Crippen molar-refractivity contribution in [3.63, 3.8) is 0 Å². The Labute approximate surface area is 161 Å². The van der Waals surface area contributed by atoms with Gasteiger partial charge in [-0.3, -0.25) is 14.6 Å². The second-order valence-corrected chi connectivity index (χ2v) is 8.01. The molecule has 7 nitrogen and oxygen atoms in total. The molecule has 0 radical (unpaired) electrons. The highest BCUT2D eigenvalue weighted by atomic mass is 19.4. The van der Waals surface area contributed by atoms with E-state index in [1.54, 1.807) is 0 Å². The van der Waals surface area contributed by atoms with Gasteiger partial charge in [0.25, 0.3) is 0 Å². The molecule has 0 unspecified atom stereocenters. The van der Waals surface area contributed by atoms with Crippen molar-refractivity contribution in [1.82, 2.24) is 24.9 Å². The third-order valence-electron chi connectivity index (χ3n) is 6.02. The van der Waals surface area contributed by atoms with Gasteiger partial charge in [0.1, 0.15) is 6.54 Å². The van der Waals surface area contributed by atoms with Gasteiger partial charge < -0.3 is 9.32 Å². The van der Waals surface area contributed by atoms with E-state index in [2.05, 4.69) is 15.1 Å². The molecule has 0 aromatic carbocycles. The first-order valence-electron chi connectivity index (χ1n) is 10.0. The summed E-state index contributed by atoms with van der Waals surface area (Å²) in [6, 6.07) is -0.438. The quantitative estimate of drug-likeness (QED) is 0.752. The third-order valence-corrected chi connectivity index (χ3v) is 6.02. The molecular weight excluding hydrogens is 375 g/mol. The molecule has 1 atom stereocenters. The van der Waals surface area contributed by atoms with Gasteiger partial charge in [0, 0.05) is 38.6 Å². The van der Waals surface area contributed by atoms with Gasteiger partial charge in [0.15, 0.2) is 0 Å². The summed E-state index contributed by atoms with van der Waals surface area (Å²) >= 11 is 0. The second kappa shape index (κ2) is 7.98. The summed E-state index contributed by atoms with van der Waals surface area (Å²) in [5.41, 5.74) is 0. The number of nitrogens with zero attached hydrogens (tertiary/aromatic N) is 5. The smallest absolute Gasteiger partial charge is 0.406 e. The molecular formula is C18H26F3N5O2. The number of alkyl halides is 3. The average molecular weight is 401 g/mol. The first-order chi connectivity index (χ1) is 13.4. The molecule has 3 fully saturated rings. The van der Waals surface area contributed by atoms with Crippen LogP contribution in [-0.4, -0.2) is 82.3 Å². The lowest BCUT2D eigenvalue weighted by Gasteiger charge is -2.42. The van der Waals surface area contributed by atoms with Crippen LogP contribution in [-0.2, 0) is 11.3 Å². The van der Waals surface area contributed by atoms with Gasteiger partial charge >= 0.3 is 6.18 Å². The summed E-state index contributed by atoms with van der Waals surface area (Å²) < 4.78 is 43.8. The Morgan fingerprint density at radius 2 is 1.75 bits per heavy atom. The summed E-state index contributed by atoms with van der Waals surface area (Å²) in [7, 11) is 0. The number of carbonyl (C=O) groups is 1. The number of aromatic nitrogens is 2.